The second-order valence-corrected chi connectivity index (χ2v) is 8.83. The van der Waals surface area contributed by atoms with Gasteiger partial charge in [0.25, 0.3) is 0 Å². The first-order chi connectivity index (χ1) is 19.5. The molecule has 0 fully saturated rings. The van der Waals surface area contributed by atoms with Gasteiger partial charge < -0.3 is 15.8 Å². The molecule has 0 aliphatic carbocycles. The van der Waals surface area contributed by atoms with E-state index in [1.165, 1.54) is 7.11 Å². The zero-order valence-electron chi connectivity index (χ0n) is 23.1. The standard InChI is InChI=1S/C23H20F5N9O2/c1-21(10-4-6-11(39-3)7-5-10)13-16(29)32-18(33-17(13)34-20(21)38)14-15-19(37(2)36-35-15)31-12(30-14)8-9-22(24,25)23(26,27)28/h4-7H,8-9H2,1-3H3,(H3,29,32,33,34,38)/i2D3. The number of halogens is 5. The molecule has 1 aromatic carbocycles. The topological polar surface area (TPSA) is 147 Å². The van der Waals surface area contributed by atoms with Crippen molar-refractivity contribution in [1.82, 2.24) is 34.9 Å². The van der Waals surface area contributed by atoms with Gasteiger partial charge in [-0.3, -0.25) is 4.79 Å². The summed E-state index contributed by atoms with van der Waals surface area (Å²) in [5.41, 5.74) is 4.57. The summed E-state index contributed by atoms with van der Waals surface area (Å²) in [5.74, 6) is -6.16. The van der Waals surface area contributed by atoms with Crippen LogP contribution in [0.5, 0.6) is 5.75 Å². The number of methoxy groups -OCH3 is 1. The van der Waals surface area contributed by atoms with E-state index >= 15 is 0 Å². The van der Waals surface area contributed by atoms with Gasteiger partial charge in [0.1, 0.15) is 34.3 Å². The molecule has 1 amide bonds. The summed E-state index contributed by atoms with van der Waals surface area (Å²) in [5, 5.41) is 9.91. The van der Waals surface area contributed by atoms with Crippen molar-refractivity contribution in [3.63, 3.8) is 0 Å². The minimum Gasteiger partial charge on any atom is -0.497 e. The monoisotopic (exact) mass is 552 g/mol. The molecule has 204 valence electrons. The number of hydrogen-bond donors (Lipinski definition) is 2. The molecule has 1 unspecified atom stereocenters. The summed E-state index contributed by atoms with van der Waals surface area (Å²) in [6.45, 7) is -1.35. The van der Waals surface area contributed by atoms with Crippen LogP contribution in [0.15, 0.2) is 24.3 Å². The molecule has 1 aliphatic heterocycles. The van der Waals surface area contributed by atoms with Crippen molar-refractivity contribution in [2.24, 2.45) is 6.98 Å². The van der Waals surface area contributed by atoms with Crippen LogP contribution in [-0.2, 0) is 23.6 Å². The molecule has 4 heterocycles. The number of anilines is 2. The summed E-state index contributed by atoms with van der Waals surface area (Å²) in [6, 6.07) is 6.61. The number of aryl methyl sites for hydroxylation is 2. The molecule has 0 bridgehead atoms. The lowest BCUT2D eigenvalue weighted by Crippen LogP contribution is -2.36. The molecule has 3 N–H and O–H groups in total. The molecule has 11 nitrogen and oxygen atoms in total. The Bertz CT molecular complexity index is 1710. The van der Waals surface area contributed by atoms with Gasteiger partial charge in [0.2, 0.25) is 5.91 Å². The zero-order chi connectivity index (χ0) is 30.8. The molecule has 39 heavy (non-hydrogen) atoms. The van der Waals surface area contributed by atoms with Crippen molar-refractivity contribution in [2.45, 2.75) is 37.3 Å². The van der Waals surface area contributed by atoms with Crippen LogP contribution in [0.1, 0.15) is 34.4 Å². The van der Waals surface area contributed by atoms with Crippen molar-refractivity contribution in [3.8, 4) is 17.3 Å². The number of amides is 1. The highest BCUT2D eigenvalue weighted by Gasteiger charge is 2.56. The van der Waals surface area contributed by atoms with Gasteiger partial charge >= 0.3 is 12.1 Å². The Morgan fingerprint density at radius 2 is 1.85 bits per heavy atom. The van der Waals surface area contributed by atoms with Crippen LogP contribution in [0.25, 0.3) is 22.7 Å². The van der Waals surface area contributed by atoms with Crippen molar-refractivity contribution in [1.29, 1.82) is 0 Å². The highest BCUT2D eigenvalue weighted by Crippen LogP contribution is 2.45. The number of nitrogens with two attached hydrogens (primary N) is 1. The van der Waals surface area contributed by atoms with Crippen LogP contribution in [-0.4, -0.2) is 60.0 Å². The van der Waals surface area contributed by atoms with E-state index in [0.717, 1.165) is 0 Å². The SMILES string of the molecule is [2H]C([2H])([2H])n1nnc2c(-c3nc(N)c4c(n3)NC(=O)C4(C)c3ccc(OC)cc3)nc(CCC(F)(F)C(F)(F)F)nc21. The van der Waals surface area contributed by atoms with Gasteiger partial charge in [-0.25, -0.2) is 24.6 Å². The molecule has 16 heteroatoms. The van der Waals surface area contributed by atoms with Gasteiger partial charge in [-0.05, 0) is 24.6 Å². The molecular formula is C23H20F5N9O2. The van der Waals surface area contributed by atoms with Crippen LogP contribution in [0.2, 0.25) is 0 Å². The molecule has 0 spiro atoms. The number of nitrogen functional groups attached to an aromatic ring is 1. The maximum Gasteiger partial charge on any atom is 0.453 e. The Balaban J connectivity index is 1.65. The third-order valence-corrected chi connectivity index (χ3v) is 6.43. The molecule has 5 rings (SSSR count). The number of ether oxygens (including phenoxy) is 1. The number of nitrogens with zero attached hydrogens (tertiary/aromatic N) is 7. The van der Waals surface area contributed by atoms with Crippen molar-refractivity contribution in [2.75, 3.05) is 18.2 Å². The minimum atomic E-state index is -5.83. The van der Waals surface area contributed by atoms with Crippen LogP contribution >= 0.6 is 0 Å². The van der Waals surface area contributed by atoms with E-state index < -0.39 is 54.7 Å². The van der Waals surface area contributed by atoms with E-state index in [9.17, 15) is 26.7 Å². The molecule has 4 aromatic rings. The molecule has 0 saturated carbocycles. The minimum absolute atomic E-state index is 0.0269. The van der Waals surface area contributed by atoms with E-state index in [-0.39, 0.29) is 34.2 Å². The van der Waals surface area contributed by atoms with Crippen molar-refractivity contribution >= 4 is 28.7 Å². The Kier molecular flexibility index (Phi) is 5.06. The third-order valence-electron chi connectivity index (χ3n) is 6.43. The molecule has 1 atom stereocenters. The lowest BCUT2D eigenvalue weighted by molar-refractivity contribution is -0.284. The first-order valence-corrected chi connectivity index (χ1v) is 11.2. The van der Waals surface area contributed by atoms with Gasteiger partial charge in [0.05, 0.1) is 12.7 Å². The van der Waals surface area contributed by atoms with Crippen molar-refractivity contribution < 1.29 is 35.6 Å². The molecule has 1 aliphatic rings. The largest absolute Gasteiger partial charge is 0.497 e. The number of nitrogens with one attached hydrogen (secondary N) is 1. The Labute approximate surface area is 220 Å². The first kappa shape index (κ1) is 22.5. The number of alkyl halides is 5. The van der Waals surface area contributed by atoms with Gasteiger partial charge in [-0.15, -0.1) is 5.10 Å². The molecule has 0 saturated heterocycles. The van der Waals surface area contributed by atoms with E-state index in [1.54, 1.807) is 31.2 Å². The normalized spacial score (nSPS) is 18.8. The Morgan fingerprint density at radius 3 is 2.49 bits per heavy atom. The Hall–Kier alpha value is -4.50. The van der Waals surface area contributed by atoms with Crippen LogP contribution < -0.4 is 15.8 Å². The molecule has 0 radical (unpaired) electrons. The van der Waals surface area contributed by atoms with Gasteiger partial charge in [0.15, 0.2) is 17.0 Å². The highest BCUT2D eigenvalue weighted by molar-refractivity contribution is 6.09. The summed E-state index contributed by atoms with van der Waals surface area (Å²) in [6.07, 6.45) is -8.55. The fraction of sp³-hybridized carbons (Fsp3) is 0.348. The van der Waals surface area contributed by atoms with Gasteiger partial charge in [0, 0.05) is 23.9 Å². The van der Waals surface area contributed by atoms with Crippen LogP contribution in [0.3, 0.4) is 0 Å². The third kappa shape index (κ3) is 4.15. The second-order valence-electron chi connectivity index (χ2n) is 8.83. The number of hydrogen-bond acceptors (Lipinski definition) is 9. The summed E-state index contributed by atoms with van der Waals surface area (Å²) >= 11 is 0. The second kappa shape index (κ2) is 8.78. The zero-order valence-corrected chi connectivity index (χ0v) is 20.1. The highest BCUT2D eigenvalue weighted by atomic mass is 19.4. The van der Waals surface area contributed by atoms with Gasteiger partial charge in [-0.2, -0.15) is 22.0 Å². The Morgan fingerprint density at radius 1 is 1.13 bits per heavy atom. The summed E-state index contributed by atoms with van der Waals surface area (Å²) in [7, 11) is 1.48. The van der Waals surface area contributed by atoms with Gasteiger partial charge in [-0.1, -0.05) is 17.3 Å². The van der Waals surface area contributed by atoms with E-state index in [4.69, 9.17) is 14.6 Å². The number of benzene rings is 1. The maximum absolute atomic E-state index is 13.7. The fourth-order valence-corrected chi connectivity index (χ4v) is 4.25. The average Bonchev–Trinajstić information content (AvgIpc) is 3.45. The number of fused-ring (bicyclic) bond motifs is 2. The lowest BCUT2D eigenvalue weighted by Gasteiger charge is -2.23. The summed E-state index contributed by atoms with van der Waals surface area (Å²) in [4.78, 5) is 29.6. The first-order valence-electron chi connectivity index (χ1n) is 12.7. The van der Waals surface area contributed by atoms with E-state index in [1.807, 2.05) is 0 Å². The van der Waals surface area contributed by atoms with E-state index in [2.05, 4.69) is 35.6 Å². The van der Waals surface area contributed by atoms with Crippen molar-refractivity contribution in [3.05, 3.63) is 41.2 Å². The average molecular weight is 552 g/mol. The molecule has 3 aromatic heterocycles. The fourth-order valence-electron chi connectivity index (χ4n) is 4.25. The van der Waals surface area contributed by atoms with Crippen LogP contribution in [0, 0.1) is 0 Å². The number of carbonyl (C=O) groups is 1. The molecular weight excluding hydrogens is 529 g/mol. The maximum atomic E-state index is 13.7. The number of aromatic nitrogens is 7. The number of rotatable bonds is 6. The lowest BCUT2D eigenvalue weighted by atomic mass is 9.78. The predicted octanol–water partition coefficient (Wildman–Crippen LogP) is 3.19. The summed E-state index contributed by atoms with van der Waals surface area (Å²) < 4.78 is 94.2. The quantitative estimate of drug-likeness (QED) is 0.344. The smallest absolute Gasteiger partial charge is 0.453 e. The number of carbonyl (C=O) groups excluding carboxylic acids is 1. The van der Waals surface area contributed by atoms with Crippen LogP contribution in [0.4, 0.5) is 33.6 Å². The predicted molar refractivity (Wildman–Crippen MR) is 127 cm³/mol. The van der Waals surface area contributed by atoms with E-state index in [0.29, 0.717) is 16.0 Å².